The number of piperidine rings is 1. The Morgan fingerprint density at radius 1 is 1.14 bits per heavy atom. The lowest BCUT2D eigenvalue weighted by molar-refractivity contribution is -0.119. The van der Waals surface area contributed by atoms with E-state index >= 15 is 0 Å². The number of benzene rings is 1. The zero-order valence-corrected chi connectivity index (χ0v) is 11.6. The summed E-state index contributed by atoms with van der Waals surface area (Å²) in [5.74, 6) is -1.50. The largest absolute Gasteiger partial charge is 0.478 e. The topological polar surface area (TPSA) is 101 Å². The van der Waals surface area contributed by atoms with E-state index < -0.39 is 5.97 Å². The summed E-state index contributed by atoms with van der Waals surface area (Å²) in [6.45, 7) is 1.04. The maximum atomic E-state index is 12.4. The number of amides is 2. The van der Waals surface area contributed by atoms with E-state index in [9.17, 15) is 14.4 Å². The molecule has 112 valence electrons. The van der Waals surface area contributed by atoms with Crippen LogP contribution in [-0.2, 0) is 4.79 Å². The van der Waals surface area contributed by atoms with Gasteiger partial charge in [0.05, 0.1) is 11.1 Å². The molecule has 1 aromatic rings. The van der Waals surface area contributed by atoms with Crippen LogP contribution in [0.1, 0.15) is 40.0 Å². The Hall–Kier alpha value is -2.37. The Bertz CT molecular complexity index is 563. The third-order valence-electron chi connectivity index (χ3n) is 3.78. The van der Waals surface area contributed by atoms with Gasteiger partial charge in [0.25, 0.3) is 5.91 Å². The van der Waals surface area contributed by atoms with Crippen molar-refractivity contribution in [2.75, 3.05) is 13.1 Å². The molecule has 2 rings (SSSR count). The summed E-state index contributed by atoms with van der Waals surface area (Å²) in [6, 6.07) is 6.20. The highest BCUT2D eigenvalue weighted by molar-refractivity contribution is 6.04. The Morgan fingerprint density at radius 3 is 2.24 bits per heavy atom. The smallest absolute Gasteiger partial charge is 0.336 e. The van der Waals surface area contributed by atoms with Crippen molar-refractivity contribution in [3.05, 3.63) is 35.4 Å². The van der Waals surface area contributed by atoms with Crippen molar-refractivity contribution >= 4 is 17.8 Å². The first-order valence-corrected chi connectivity index (χ1v) is 6.89. The highest BCUT2D eigenvalue weighted by Gasteiger charge is 2.26. The lowest BCUT2D eigenvalue weighted by Gasteiger charge is -2.31. The molecule has 0 atom stereocenters. The molecule has 1 aliphatic heterocycles. The lowest BCUT2D eigenvalue weighted by Crippen LogP contribution is -2.39. The molecule has 0 aromatic heterocycles. The van der Waals surface area contributed by atoms with Crippen molar-refractivity contribution in [1.29, 1.82) is 0 Å². The van der Waals surface area contributed by atoms with Gasteiger partial charge in [-0.3, -0.25) is 9.59 Å². The number of aromatic carboxylic acids is 1. The van der Waals surface area contributed by atoms with Crippen LogP contribution in [0.3, 0.4) is 0 Å². The molecule has 3 N–H and O–H groups in total. The molecule has 0 bridgehead atoms. The molecule has 0 radical (unpaired) electrons. The van der Waals surface area contributed by atoms with Gasteiger partial charge in [0.1, 0.15) is 0 Å². The van der Waals surface area contributed by atoms with Gasteiger partial charge in [-0.15, -0.1) is 0 Å². The number of likely N-dealkylation sites (tertiary alicyclic amines) is 1. The Morgan fingerprint density at radius 2 is 1.71 bits per heavy atom. The van der Waals surface area contributed by atoms with E-state index in [0.29, 0.717) is 32.4 Å². The number of primary amides is 1. The normalized spacial score (nSPS) is 15.7. The first kappa shape index (κ1) is 15.0. The van der Waals surface area contributed by atoms with Crippen LogP contribution in [0, 0.1) is 5.92 Å². The fraction of sp³-hybridized carbons (Fsp3) is 0.400. The summed E-state index contributed by atoms with van der Waals surface area (Å²) in [7, 11) is 0. The van der Waals surface area contributed by atoms with Crippen molar-refractivity contribution in [3.8, 4) is 0 Å². The second-order valence-corrected chi connectivity index (χ2v) is 5.26. The van der Waals surface area contributed by atoms with E-state index in [-0.39, 0.29) is 28.9 Å². The monoisotopic (exact) mass is 290 g/mol. The van der Waals surface area contributed by atoms with Gasteiger partial charge in [0.15, 0.2) is 0 Å². The van der Waals surface area contributed by atoms with Gasteiger partial charge >= 0.3 is 5.97 Å². The highest BCUT2D eigenvalue weighted by Crippen LogP contribution is 2.22. The minimum absolute atomic E-state index is 0.0155. The Kier molecular flexibility index (Phi) is 4.57. The quantitative estimate of drug-likeness (QED) is 0.867. The van der Waals surface area contributed by atoms with Gasteiger partial charge in [-0.2, -0.15) is 0 Å². The zero-order chi connectivity index (χ0) is 15.4. The van der Waals surface area contributed by atoms with Crippen molar-refractivity contribution < 1.29 is 19.5 Å². The van der Waals surface area contributed by atoms with Crippen molar-refractivity contribution in [3.63, 3.8) is 0 Å². The minimum Gasteiger partial charge on any atom is -0.478 e. The predicted molar refractivity (Wildman–Crippen MR) is 75.8 cm³/mol. The summed E-state index contributed by atoms with van der Waals surface area (Å²) in [5, 5.41) is 9.13. The second kappa shape index (κ2) is 6.39. The second-order valence-electron chi connectivity index (χ2n) is 5.26. The first-order valence-electron chi connectivity index (χ1n) is 6.89. The fourth-order valence-electron chi connectivity index (χ4n) is 2.65. The molecule has 2 amide bonds. The van der Waals surface area contributed by atoms with Crippen LogP contribution in [0.2, 0.25) is 0 Å². The third kappa shape index (κ3) is 3.59. The van der Waals surface area contributed by atoms with Gasteiger partial charge < -0.3 is 15.7 Å². The first-order chi connectivity index (χ1) is 9.99. The molecule has 1 aromatic carbocycles. The summed E-state index contributed by atoms with van der Waals surface area (Å²) in [4.78, 5) is 36.1. The standard InChI is InChI=1S/C15H18N2O4/c16-13(18)9-10-5-7-17(8-6-10)14(19)11-3-1-2-4-12(11)15(20)21/h1-4,10H,5-9H2,(H2,16,18)(H,20,21). The van der Waals surface area contributed by atoms with Crippen LogP contribution in [0.5, 0.6) is 0 Å². The number of carbonyl (C=O) groups is 3. The van der Waals surface area contributed by atoms with E-state index in [1.807, 2.05) is 0 Å². The van der Waals surface area contributed by atoms with Crippen molar-refractivity contribution in [1.82, 2.24) is 4.90 Å². The summed E-state index contributed by atoms with van der Waals surface area (Å²) in [6.07, 6.45) is 1.77. The average molecular weight is 290 g/mol. The summed E-state index contributed by atoms with van der Waals surface area (Å²) >= 11 is 0. The van der Waals surface area contributed by atoms with E-state index in [1.165, 1.54) is 12.1 Å². The molecular formula is C15H18N2O4. The average Bonchev–Trinajstić information content (AvgIpc) is 2.46. The molecule has 0 unspecified atom stereocenters. The lowest BCUT2D eigenvalue weighted by atomic mass is 9.92. The van der Waals surface area contributed by atoms with E-state index in [1.54, 1.807) is 17.0 Å². The Balaban J connectivity index is 2.06. The molecule has 1 saturated heterocycles. The predicted octanol–water partition coefficient (Wildman–Crippen LogP) is 1.11. The molecule has 6 heteroatoms. The SMILES string of the molecule is NC(=O)CC1CCN(C(=O)c2ccccc2C(=O)O)CC1. The molecule has 0 spiro atoms. The van der Waals surface area contributed by atoms with Gasteiger partial charge in [0, 0.05) is 19.5 Å². The number of hydrogen-bond acceptors (Lipinski definition) is 3. The van der Waals surface area contributed by atoms with Crippen LogP contribution in [0.15, 0.2) is 24.3 Å². The van der Waals surface area contributed by atoms with Crippen LogP contribution < -0.4 is 5.73 Å². The van der Waals surface area contributed by atoms with Crippen LogP contribution in [-0.4, -0.2) is 40.9 Å². The van der Waals surface area contributed by atoms with E-state index in [4.69, 9.17) is 10.8 Å². The number of nitrogens with two attached hydrogens (primary N) is 1. The zero-order valence-electron chi connectivity index (χ0n) is 11.6. The maximum absolute atomic E-state index is 12.4. The van der Waals surface area contributed by atoms with Crippen molar-refractivity contribution in [2.45, 2.75) is 19.3 Å². The van der Waals surface area contributed by atoms with E-state index in [2.05, 4.69) is 0 Å². The summed E-state index contributed by atoms with van der Waals surface area (Å²) in [5.41, 5.74) is 5.40. The van der Waals surface area contributed by atoms with Crippen molar-refractivity contribution in [2.24, 2.45) is 11.7 Å². The molecule has 1 fully saturated rings. The number of carboxylic acid groups (broad SMARTS) is 1. The molecule has 21 heavy (non-hydrogen) atoms. The van der Waals surface area contributed by atoms with Crippen LogP contribution in [0.4, 0.5) is 0 Å². The van der Waals surface area contributed by atoms with Crippen LogP contribution in [0.25, 0.3) is 0 Å². The maximum Gasteiger partial charge on any atom is 0.336 e. The number of carboxylic acids is 1. The molecular weight excluding hydrogens is 272 g/mol. The summed E-state index contributed by atoms with van der Waals surface area (Å²) < 4.78 is 0. The van der Waals surface area contributed by atoms with Crippen LogP contribution >= 0.6 is 0 Å². The number of carbonyl (C=O) groups excluding carboxylic acids is 2. The molecule has 0 aliphatic carbocycles. The number of hydrogen-bond donors (Lipinski definition) is 2. The van der Waals surface area contributed by atoms with Gasteiger partial charge in [-0.05, 0) is 30.9 Å². The van der Waals surface area contributed by atoms with E-state index in [0.717, 1.165) is 0 Å². The molecule has 6 nitrogen and oxygen atoms in total. The van der Waals surface area contributed by atoms with Gasteiger partial charge in [0.2, 0.25) is 5.91 Å². The fourth-order valence-corrected chi connectivity index (χ4v) is 2.65. The number of rotatable bonds is 4. The van der Waals surface area contributed by atoms with Gasteiger partial charge in [-0.25, -0.2) is 4.79 Å². The molecule has 0 saturated carbocycles. The molecule has 1 aliphatic rings. The minimum atomic E-state index is -1.11. The third-order valence-corrected chi connectivity index (χ3v) is 3.78. The number of nitrogens with zero attached hydrogens (tertiary/aromatic N) is 1. The Labute approximate surface area is 122 Å². The van der Waals surface area contributed by atoms with Gasteiger partial charge in [-0.1, -0.05) is 12.1 Å². The highest BCUT2D eigenvalue weighted by atomic mass is 16.4. The molecule has 1 heterocycles.